The number of aryl methyl sites for hydroxylation is 2. The summed E-state index contributed by atoms with van der Waals surface area (Å²) in [5.74, 6) is 0.295. The molecule has 0 fully saturated rings. The number of carbonyl (C=O) groups is 2. The highest BCUT2D eigenvalue weighted by Gasteiger charge is 2.56. The number of para-hydroxylation sites is 1. The summed E-state index contributed by atoms with van der Waals surface area (Å²) in [6.45, 7) is 4.05. The van der Waals surface area contributed by atoms with E-state index in [0.29, 0.717) is 5.82 Å². The molecule has 1 atom stereocenters. The minimum atomic E-state index is -1.03. The maximum absolute atomic E-state index is 13.4. The molecule has 1 N–H and O–H groups in total. The summed E-state index contributed by atoms with van der Waals surface area (Å²) in [4.78, 5) is 27.8. The molecule has 2 aromatic carbocycles. The van der Waals surface area contributed by atoms with Gasteiger partial charge >= 0.3 is 0 Å². The summed E-state index contributed by atoms with van der Waals surface area (Å²) in [5, 5.41) is 7.53. The summed E-state index contributed by atoms with van der Waals surface area (Å²) >= 11 is 0. The fourth-order valence-electron chi connectivity index (χ4n) is 4.59. The van der Waals surface area contributed by atoms with E-state index in [0.717, 1.165) is 33.6 Å². The highest BCUT2D eigenvalue weighted by Crippen LogP contribution is 2.51. The van der Waals surface area contributed by atoms with Gasteiger partial charge in [-0.3, -0.25) is 9.59 Å². The molecule has 140 valence electrons. The molecule has 6 heteroatoms. The van der Waals surface area contributed by atoms with Crippen molar-refractivity contribution in [2.45, 2.75) is 25.7 Å². The first kappa shape index (κ1) is 16.7. The largest absolute Gasteiger partial charge is 0.314 e. The Balaban J connectivity index is 1.78. The zero-order valence-corrected chi connectivity index (χ0v) is 16.0. The monoisotopic (exact) mass is 372 g/mol. The molecule has 0 saturated heterocycles. The van der Waals surface area contributed by atoms with E-state index in [4.69, 9.17) is 0 Å². The fraction of sp³-hybridized carbons (Fsp3) is 0.227. The number of benzene rings is 2. The number of nitrogens with one attached hydrogen (secondary N) is 1. The van der Waals surface area contributed by atoms with Crippen molar-refractivity contribution < 1.29 is 9.59 Å². The molecule has 3 aromatic rings. The minimum Gasteiger partial charge on any atom is -0.314 e. The number of carbonyl (C=O) groups excluding carboxylic acids is 2. The molecule has 0 bridgehead atoms. The van der Waals surface area contributed by atoms with Gasteiger partial charge in [-0.05, 0) is 37.1 Å². The molecule has 0 aliphatic carbocycles. The van der Waals surface area contributed by atoms with Crippen molar-refractivity contribution in [3.8, 4) is 5.69 Å². The fourth-order valence-corrected chi connectivity index (χ4v) is 4.59. The van der Waals surface area contributed by atoms with Gasteiger partial charge in [-0.2, -0.15) is 5.10 Å². The van der Waals surface area contributed by atoms with Crippen LogP contribution < -0.4 is 10.2 Å². The van der Waals surface area contributed by atoms with Crippen molar-refractivity contribution in [3.05, 3.63) is 70.9 Å². The Kier molecular flexibility index (Phi) is 3.32. The molecule has 1 spiro atoms. The van der Waals surface area contributed by atoms with Gasteiger partial charge in [0.05, 0.1) is 11.9 Å². The van der Waals surface area contributed by atoms with Crippen LogP contribution in [-0.2, 0) is 15.0 Å². The second-order valence-corrected chi connectivity index (χ2v) is 7.62. The summed E-state index contributed by atoms with van der Waals surface area (Å²) in [6.07, 6.45) is 1.81. The third-order valence-corrected chi connectivity index (χ3v) is 5.89. The van der Waals surface area contributed by atoms with E-state index < -0.39 is 5.41 Å². The Bertz CT molecular complexity index is 1160. The second kappa shape index (κ2) is 5.55. The van der Waals surface area contributed by atoms with E-state index in [-0.39, 0.29) is 18.2 Å². The number of hydrogen-bond acceptors (Lipinski definition) is 3. The van der Waals surface area contributed by atoms with Gasteiger partial charge in [0.1, 0.15) is 11.2 Å². The van der Waals surface area contributed by atoms with Gasteiger partial charge in [0.15, 0.2) is 0 Å². The van der Waals surface area contributed by atoms with E-state index in [9.17, 15) is 9.59 Å². The molecular weight excluding hydrogens is 352 g/mol. The Morgan fingerprint density at radius 1 is 1.04 bits per heavy atom. The maximum atomic E-state index is 13.4. The minimum absolute atomic E-state index is 0.0821. The topological polar surface area (TPSA) is 67.2 Å². The van der Waals surface area contributed by atoms with Crippen molar-refractivity contribution in [1.29, 1.82) is 0 Å². The zero-order chi connectivity index (χ0) is 19.6. The number of amides is 2. The van der Waals surface area contributed by atoms with Crippen LogP contribution in [0.25, 0.3) is 5.69 Å². The first-order chi connectivity index (χ1) is 13.4. The van der Waals surface area contributed by atoms with E-state index >= 15 is 0 Å². The first-order valence-corrected chi connectivity index (χ1v) is 9.27. The van der Waals surface area contributed by atoms with Crippen LogP contribution in [-0.4, -0.2) is 28.6 Å². The van der Waals surface area contributed by atoms with Crippen molar-refractivity contribution in [2.75, 3.05) is 17.3 Å². The number of aromatic nitrogens is 2. The van der Waals surface area contributed by atoms with Gasteiger partial charge in [-0.15, -0.1) is 0 Å². The molecule has 0 unspecified atom stereocenters. The molecule has 2 aliphatic rings. The Morgan fingerprint density at radius 2 is 1.82 bits per heavy atom. The lowest BCUT2D eigenvalue weighted by atomic mass is 9.72. The molecule has 3 heterocycles. The summed E-state index contributed by atoms with van der Waals surface area (Å²) in [6, 6.07) is 13.8. The average Bonchev–Trinajstić information content (AvgIpc) is 3.17. The Hall–Kier alpha value is -3.41. The van der Waals surface area contributed by atoms with Crippen LogP contribution in [0, 0.1) is 13.8 Å². The van der Waals surface area contributed by atoms with Gasteiger partial charge in [0, 0.05) is 24.7 Å². The number of likely N-dealkylation sites (N-methyl/N-ethyl adjacent to an activating group) is 1. The number of anilines is 2. The van der Waals surface area contributed by atoms with Crippen LogP contribution in [0.4, 0.5) is 11.5 Å². The van der Waals surface area contributed by atoms with Gasteiger partial charge in [-0.1, -0.05) is 35.9 Å². The van der Waals surface area contributed by atoms with Crippen LogP contribution >= 0.6 is 0 Å². The summed E-state index contributed by atoms with van der Waals surface area (Å²) in [7, 11) is 1.76. The number of rotatable bonds is 1. The van der Waals surface area contributed by atoms with Crippen molar-refractivity contribution in [2.24, 2.45) is 0 Å². The van der Waals surface area contributed by atoms with E-state index in [1.165, 1.54) is 0 Å². The Morgan fingerprint density at radius 3 is 2.61 bits per heavy atom. The molecular formula is C22H20N4O2. The molecule has 5 rings (SSSR count). The molecule has 6 nitrogen and oxygen atoms in total. The predicted octanol–water partition coefficient (Wildman–Crippen LogP) is 3.09. The molecule has 28 heavy (non-hydrogen) atoms. The second-order valence-electron chi connectivity index (χ2n) is 7.62. The van der Waals surface area contributed by atoms with E-state index in [2.05, 4.69) is 16.5 Å². The smallest absolute Gasteiger partial charge is 0.242 e. The van der Waals surface area contributed by atoms with Gasteiger partial charge in [0.25, 0.3) is 0 Å². The lowest BCUT2D eigenvalue weighted by Gasteiger charge is -2.32. The molecule has 1 aromatic heterocycles. The summed E-state index contributed by atoms with van der Waals surface area (Å²) in [5.41, 5.74) is 4.51. The molecule has 0 radical (unpaired) electrons. The number of fused-ring (bicyclic) bond motifs is 4. The third-order valence-electron chi connectivity index (χ3n) is 5.89. The van der Waals surface area contributed by atoms with Gasteiger partial charge in [-0.25, -0.2) is 4.68 Å². The van der Waals surface area contributed by atoms with Crippen LogP contribution in [0.1, 0.15) is 28.7 Å². The average molecular weight is 372 g/mol. The number of hydrogen-bond donors (Lipinski definition) is 1. The standard InChI is InChI=1S/C22H20N4O2/c1-13-8-9-17(14(2)10-13)26-20-16(12-23-26)22(11-19(27)24-20)15-6-4-5-7-18(15)25(3)21(22)28/h4-10,12H,11H2,1-3H3,(H,24,27)/t22-/m0/s1. The van der Waals surface area contributed by atoms with E-state index in [1.807, 2.05) is 50.2 Å². The molecule has 2 aliphatic heterocycles. The number of nitrogens with zero attached hydrogens (tertiary/aromatic N) is 3. The molecule has 0 saturated carbocycles. The van der Waals surface area contributed by atoms with Crippen LogP contribution in [0.5, 0.6) is 0 Å². The Labute approximate surface area is 162 Å². The molecule has 2 amide bonds. The van der Waals surface area contributed by atoms with Crippen molar-refractivity contribution >= 4 is 23.3 Å². The van der Waals surface area contributed by atoms with Crippen LogP contribution in [0.3, 0.4) is 0 Å². The lowest BCUT2D eigenvalue weighted by Crippen LogP contribution is -2.45. The third kappa shape index (κ3) is 2.00. The maximum Gasteiger partial charge on any atom is 0.242 e. The quantitative estimate of drug-likeness (QED) is 0.714. The zero-order valence-electron chi connectivity index (χ0n) is 16.0. The van der Waals surface area contributed by atoms with Gasteiger partial charge < -0.3 is 10.2 Å². The predicted molar refractivity (Wildman–Crippen MR) is 107 cm³/mol. The SMILES string of the molecule is Cc1ccc(-n2ncc3c2NC(=O)C[C@@]32C(=O)N(C)c3ccccc32)c(C)c1. The van der Waals surface area contributed by atoms with Gasteiger partial charge in [0.2, 0.25) is 11.8 Å². The highest BCUT2D eigenvalue weighted by molar-refractivity contribution is 6.15. The normalized spacial score (nSPS) is 20.3. The van der Waals surface area contributed by atoms with Crippen molar-refractivity contribution in [3.63, 3.8) is 0 Å². The summed E-state index contributed by atoms with van der Waals surface area (Å²) < 4.78 is 1.73. The first-order valence-electron chi connectivity index (χ1n) is 9.27. The van der Waals surface area contributed by atoms with Crippen LogP contribution in [0.2, 0.25) is 0 Å². The van der Waals surface area contributed by atoms with Crippen molar-refractivity contribution in [1.82, 2.24) is 9.78 Å². The van der Waals surface area contributed by atoms with Crippen LogP contribution in [0.15, 0.2) is 48.7 Å². The highest BCUT2D eigenvalue weighted by atomic mass is 16.2. The lowest BCUT2D eigenvalue weighted by molar-refractivity contribution is -0.126. The van der Waals surface area contributed by atoms with E-state index in [1.54, 1.807) is 22.8 Å².